The van der Waals surface area contributed by atoms with Gasteiger partial charge in [0.2, 0.25) is 17.8 Å². The second kappa shape index (κ2) is 11.6. The molecule has 2 amide bonds. The molecular formula is C29H34Cl2F3N5O2. The minimum Gasteiger partial charge on any atom is -0.342 e. The first kappa shape index (κ1) is 29.9. The fourth-order valence-electron chi connectivity index (χ4n) is 5.99. The zero-order chi connectivity index (χ0) is 29.5. The summed E-state index contributed by atoms with van der Waals surface area (Å²) >= 11 is 12.5. The van der Waals surface area contributed by atoms with Crippen molar-refractivity contribution < 1.29 is 22.8 Å². The van der Waals surface area contributed by atoms with Crippen molar-refractivity contribution in [3.05, 3.63) is 51.8 Å². The van der Waals surface area contributed by atoms with Gasteiger partial charge in [0.25, 0.3) is 0 Å². The van der Waals surface area contributed by atoms with Crippen LogP contribution in [0.25, 0.3) is 0 Å². The molecule has 1 aliphatic carbocycles. The van der Waals surface area contributed by atoms with E-state index in [9.17, 15) is 22.8 Å². The standard InChI is InChI=1S/C29H34Cl2F3N5O2/c1-3-37(27-35-13-21(14-36-27)29(32,33)34)15-20-16-39(17-22(20)19-4-5-23(30)24(31)12-19)25(40)18-6-10-38(11-7-18)26(41)28(2)8-9-28/h4-5,12-14,18,20,22H,3,6-11,15-17H2,1-2H3/t20-,22+/m0/s1. The number of aromatic nitrogens is 2. The summed E-state index contributed by atoms with van der Waals surface area (Å²) in [5.74, 6) is 0.233. The maximum atomic E-state index is 13.7. The predicted octanol–water partition coefficient (Wildman–Crippen LogP) is 5.91. The van der Waals surface area contributed by atoms with Gasteiger partial charge in [-0.25, -0.2) is 9.97 Å². The zero-order valence-corrected chi connectivity index (χ0v) is 24.6. The Balaban J connectivity index is 1.31. The molecule has 1 saturated carbocycles. The van der Waals surface area contributed by atoms with E-state index in [-0.39, 0.29) is 40.9 Å². The number of halogens is 5. The van der Waals surface area contributed by atoms with Gasteiger partial charge >= 0.3 is 6.18 Å². The van der Waals surface area contributed by atoms with E-state index in [2.05, 4.69) is 9.97 Å². The number of amides is 2. The fraction of sp³-hybridized carbons (Fsp3) is 0.586. The van der Waals surface area contributed by atoms with E-state index in [1.54, 1.807) is 6.07 Å². The highest BCUT2D eigenvalue weighted by atomic mass is 35.5. The van der Waals surface area contributed by atoms with E-state index < -0.39 is 11.7 Å². The maximum Gasteiger partial charge on any atom is 0.419 e. The molecule has 0 radical (unpaired) electrons. The largest absolute Gasteiger partial charge is 0.419 e. The van der Waals surface area contributed by atoms with Crippen molar-refractivity contribution in [3.8, 4) is 0 Å². The number of anilines is 1. The van der Waals surface area contributed by atoms with Crippen molar-refractivity contribution in [2.75, 3.05) is 44.2 Å². The lowest BCUT2D eigenvalue weighted by Crippen LogP contribution is -2.46. The first-order chi connectivity index (χ1) is 19.4. The van der Waals surface area contributed by atoms with Gasteiger partial charge < -0.3 is 14.7 Å². The monoisotopic (exact) mass is 611 g/mol. The van der Waals surface area contributed by atoms with Crippen molar-refractivity contribution >= 4 is 41.0 Å². The summed E-state index contributed by atoms with van der Waals surface area (Å²) in [5, 5.41) is 0.861. The van der Waals surface area contributed by atoms with Gasteiger partial charge in [-0.3, -0.25) is 9.59 Å². The number of piperidine rings is 1. The third kappa shape index (κ3) is 6.43. The highest BCUT2D eigenvalue weighted by Gasteiger charge is 2.48. The molecule has 41 heavy (non-hydrogen) atoms. The zero-order valence-electron chi connectivity index (χ0n) is 23.1. The van der Waals surface area contributed by atoms with Crippen molar-refractivity contribution in [3.63, 3.8) is 0 Å². The fourth-order valence-corrected chi connectivity index (χ4v) is 6.30. The number of carbonyl (C=O) groups excluding carboxylic acids is 2. The Bertz CT molecular complexity index is 1280. The Morgan fingerprint density at radius 3 is 2.27 bits per heavy atom. The van der Waals surface area contributed by atoms with Crippen LogP contribution >= 0.6 is 23.2 Å². The molecular weight excluding hydrogens is 578 g/mol. The molecule has 0 bridgehead atoms. The molecule has 3 heterocycles. The molecule has 7 nitrogen and oxygen atoms in total. The Morgan fingerprint density at radius 1 is 1.05 bits per heavy atom. The van der Waals surface area contributed by atoms with E-state index in [1.165, 1.54) is 0 Å². The van der Waals surface area contributed by atoms with E-state index in [0.717, 1.165) is 30.8 Å². The summed E-state index contributed by atoms with van der Waals surface area (Å²) in [4.78, 5) is 40.1. The highest BCUT2D eigenvalue weighted by molar-refractivity contribution is 6.42. The van der Waals surface area contributed by atoms with Crippen LogP contribution in [0.2, 0.25) is 10.0 Å². The number of benzene rings is 1. The SMILES string of the molecule is CCN(C[C@H]1CN(C(=O)C2CCN(C(=O)C3(C)CC3)CC2)C[C@@H]1c1ccc(Cl)c(Cl)c1)c1ncc(C(F)(F)F)cn1. The Hall–Kier alpha value is -2.59. The molecule has 5 rings (SSSR count). The number of likely N-dealkylation sites (tertiary alicyclic amines) is 2. The Labute approximate surface area is 248 Å². The van der Waals surface area contributed by atoms with Crippen LogP contribution in [0.15, 0.2) is 30.6 Å². The average molecular weight is 613 g/mol. The van der Waals surface area contributed by atoms with E-state index in [4.69, 9.17) is 23.2 Å². The number of hydrogen-bond acceptors (Lipinski definition) is 5. The Morgan fingerprint density at radius 2 is 1.71 bits per heavy atom. The lowest BCUT2D eigenvalue weighted by molar-refractivity contribution is -0.142. The summed E-state index contributed by atoms with van der Waals surface area (Å²) in [6.07, 6.45) is 0.226. The summed E-state index contributed by atoms with van der Waals surface area (Å²) in [6, 6.07) is 5.47. The van der Waals surface area contributed by atoms with Gasteiger partial charge in [-0.1, -0.05) is 36.2 Å². The van der Waals surface area contributed by atoms with Crippen LogP contribution in [0.4, 0.5) is 19.1 Å². The van der Waals surface area contributed by atoms with Crippen LogP contribution < -0.4 is 4.90 Å². The molecule has 3 aliphatic rings. The van der Waals surface area contributed by atoms with Gasteiger partial charge in [0.15, 0.2) is 0 Å². The van der Waals surface area contributed by atoms with Gasteiger partial charge in [-0.15, -0.1) is 0 Å². The van der Waals surface area contributed by atoms with Gasteiger partial charge in [0, 0.05) is 74.8 Å². The van der Waals surface area contributed by atoms with Crippen molar-refractivity contribution in [1.82, 2.24) is 19.8 Å². The van der Waals surface area contributed by atoms with E-state index in [0.29, 0.717) is 62.2 Å². The van der Waals surface area contributed by atoms with E-state index >= 15 is 0 Å². The molecule has 3 fully saturated rings. The van der Waals surface area contributed by atoms with Crippen LogP contribution in [-0.2, 0) is 15.8 Å². The topological polar surface area (TPSA) is 69.6 Å². The molecule has 0 N–H and O–H groups in total. The van der Waals surface area contributed by atoms with Crippen LogP contribution in [0, 0.1) is 17.3 Å². The summed E-state index contributed by atoms with van der Waals surface area (Å²) in [5.41, 5.74) is -0.168. The number of carbonyl (C=O) groups is 2. The number of alkyl halides is 3. The van der Waals surface area contributed by atoms with Crippen molar-refractivity contribution in [2.45, 2.75) is 51.6 Å². The first-order valence-corrected chi connectivity index (χ1v) is 14.8. The minimum atomic E-state index is -4.51. The smallest absolute Gasteiger partial charge is 0.342 e. The van der Waals surface area contributed by atoms with Crippen LogP contribution in [0.1, 0.15) is 56.6 Å². The molecule has 1 aromatic carbocycles. The van der Waals surface area contributed by atoms with Gasteiger partial charge in [0.1, 0.15) is 0 Å². The lowest BCUT2D eigenvalue weighted by atomic mass is 9.88. The molecule has 2 aliphatic heterocycles. The second-order valence-electron chi connectivity index (χ2n) is 11.7. The first-order valence-electron chi connectivity index (χ1n) is 14.1. The number of hydrogen-bond donors (Lipinski definition) is 0. The number of rotatable bonds is 7. The maximum absolute atomic E-state index is 13.7. The normalized spacial score (nSPS) is 22.6. The number of nitrogens with zero attached hydrogens (tertiary/aromatic N) is 5. The van der Waals surface area contributed by atoms with Gasteiger partial charge in [-0.2, -0.15) is 13.2 Å². The minimum absolute atomic E-state index is 0.0430. The van der Waals surface area contributed by atoms with Crippen LogP contribution in [-0.4, -0.2) is 70.9 Å². The third-order valence-corrected chi connectivity index (χ3v) is 9.60. The Kier molecular flexibility index (Phi) is 8.45. The van der Waals surface area contributed by atoms with Crippen LogP contribution in [0.5, 0.6) is 0 Å². The molecule has 2 atom stereocenters. The molecule has 222 valence electrons. The second-order valence-corrected chi connectivity index (χ2v) is 12.5. The summed E-state index contributed by atoms with van der Waals surface area (Å²) < 4.78 is 39.1. The van der Waals surface area contributed by atoms with Gasteiger partial charge in [0.05, 0.1) is 15.6 Å². The third-order valence-electron chi connectivity index (χ3n) is 8.86. The highest BCUT2D eigenvalue weighted by Crippen LogP contribution is 2.47. The summed E-state index contributed by atoms with van der Waals surface area (Å²) in [7, 11) is 0. The van der Waals surface area contributed by atoms with Crippen molar-refractivity contribution in [2.24, 2.45) is 17.3 Å². The summed E-state index contributed by atoms with van der Waals surface area (Å²) in [6.45, 7) is 6.99. The molecule has 0 unspecified atom stereocenters. The van der Waals surface area contributed by atoms with Gasteiger partial charge in [-0.05, 0) is 50.3 Å². The molecule has 12 heteroatoms. The molecule has 2 saturated heterocycles. The van der Waals surface area contributed by atoms with Crippen molar-refractivity contribution in [1.29, 1.82) is 0 Å². The predicted molar refractivity (Wildman–Crippen MR) is 151 cm³/mol. The average Bonchev–Trinajstić information content (AvgIpc) is 3.57. The lowest BCUT2D eigenvalue weighted by Gasteiger charge is -2.34. The molecule has 0 spiro atoms. The molecule has 2 aromatic rings. The van der Waals surface area contributed by atoms with Crippen LogP contribution in [0.3, 0.4) is 0 Å². The van der Waals surface area contributed by atoms with E-state index in [1.807, 2.05) is 40.7 Å². The molecule has 1 aromatic heterocycles. The quantitative estimate of drug-likeness (QED) is 0.389.